The molecule has 3 rings (SSSR count). The van der Waals surface area contributed by atoms with E-state index in [9.17, 15) is 13.2 Å². The Hall–Kier alpha value is -0.660. The Bertz CT molecular complexity index is 470. The van der Waals surface area contributed by atoms with Crippen molar-refractivity contribution in [2.75, 3.05) is 19.5 Å². The third-order valence-electron chi connectivity index (χ3n) is 4.56. The Kier molecular flexibility index (Phi) is 5.28. The summed E-state index contributed by atoms with van der Waals surface area (Å²) in [6, 6.07) is 0. The van der Waals surface area contributed by atoms with E-state index in [-0.39, 0.29) is 24.2 Å². The van der Waals surface area contributed by atoms with Crippen LogP contribution in [0.5, 0.6) is 0 Å². The van der Waals surface area contributed by atoms with E-state index >= 15 is 0 Å². The highest BCUT2D eigenvalue weighted by Crippen LogP contribution is 2.43. The van der Waals surface area contributed by atoms with Crippen molar-refractivity contribution in [3.8, 4) is 0 Å². The van der Waals surface area contributed by atoms with Gasteiger partial charge in [-0.05, 0) is 43.6 Å². The van der Waals surface area contributed by atoms with Gasteiger partial charge in [0.2, 0.25) is 0 Å². The third kappa shape index (κ3) is 4.25. The number of ether oxygens (including phenoxy) is 3. The lowest BCUT2D eigenvalue weighted by Crippen LogP contribution is -2.32. The summed E-state index contributed by atoms with van der Waals surface area (Å²) in [4.78, 5) is 0. The third-order valence-corrected chi connectivity index (χ3v) is 5.50. The first-order valence-corrected chi connectivity index (χ1v) is 9.14. The molecule has 7 heteroatoms. The number of halogens is 3. The summed E-state index contributed by atoms with van der Waals surface area (Å²) in [5, 5.41) is 0.372. The van der Waals surface area contributed by atoms with Crippen LogP contribution in [0, 0.1) is 11.8 Å². The van der Waals surface area contributed by atoms with Crippen LogP contribution < -0.4 is 0 Å². The summed E-state index contributed by atoms with van der Waals surface area (Å²) in [6.07, 6.45) is 4.33. The number of allylic oxidation sites excluding steroid dienone is 2. The molecule has 0 N–H and O–H groups in total. The molecule has 3 atom stereocenters. The van der Waals surface area contributed by atoms with Crippen LogP contribution in [0.4, 0.5) is 13.2 Å². The standard InChI is InChI=1S/C16H21F3O3S/c1-23-12-8-20-15(21-9-12)5-3-10-2-4-13-11(6-10)7-14(22-13)16(17,18)19/h3,5,7,10-13,15H,2,4,6,8-9H2,1H3/b5-3+. The van der Waals surface area contributed by atoms with Gasteiger partial charge in [-0.15, -0.1) is 0 Å². The predicted molar refractivity (Wildman–Crippen MR) is 82.0 cm³/mol. The maximum atomic E-state index is 12.7. The fraction of sp³-hybridized carbons (Fsp3) is 0.750. The van der Waals surface area contributed by atoms with Crippen molar-refractivity contribution in [1.82, 2.24) is 0 Å². The van der Waals surface area contributed by atoms with Crippen molar-refractivity contribution in [1.29, 1.82) is 0 Å². The molecular formula is C16H21F3O3S. The van der Waals surface area contributed by atoms with Crippen molar-refractivity contribution < 1.29 is 27.4 Å². The Morgan fingerprint density at radius 3 is 2.57 bits per heavy atom. The molecule has 3 unspecified atom stereocenters. The molecule has 0 amide bonds. The quantitative estimate of drug-likeness (QED) is 0.722. The smallest absolute Gasteiger partial charge is 0.448 e. The van der Waals surface area contributed by atoms with Gasteiger partial charge in [-0.3, -0.25) is 0 Å². The second-order valence-corrected chi connectivity index (χ2v) is 7.34. The molecule has 0 spiro atoms. The van der Waals surface area contributed by atoms with E-state index in [2.05, 4.69) is 0 Å². The number of hydrogen-bond donors (Lipinski definition) is 0. The molecular weight excluding hydrogens is 329 g/mol. The van der Waals surface area contributed by atoms with Gasteiger partial charge < -0.3 is 14.2 Å². The molecule has 1 saturated carbocycles. The molecule has 23 heavy (non-hydrogen) atoms. The van der Waals surface area contributed by atoms with Crippen molar-refractivity contribution in [3.63, 3.8) is 0 Å². The Morgan fingerprint density at radius 1 is 1.17 bits per heavy atom. The van der Waals surface area contributed by atoms with Crippen LogP contribution in [-0.4, -0.2) is 43.3 Å². The van der Waals surface area contributed by atoms with Gasteiger partial charge in [-0.1, -0.05) is 6.08 Å². The van der Waals surface area contributed by atoms with Gasteiger partial charge in [0.05, 0.1) is 18.5 Å². The Morgan fingerprint density at radius 2 is 1.91 bits per heavy atom. The lowest BCUT2D eigenvalue weighted by atomic mass is 9.80. The molecule has 3 nitrogen and oxygen atoms in total. The summed E-state index contributed by atoms with van der Waals surface area (Å²) in [5.74, 6) is -0.725. The second kappa shape index (κ2) is 7.07. The van der Waals surface area contributed by atoms with E-state index < -0.39 is 11.9 Å². The number of alkyl halides is 3. The molecule has 2 fully saturated rings. The summed E-state index contributed by atoms with van der Waals surface area (Å²) in [7, 11) is 0. The molecule has 2 aliphatic heterocycles. The Labute approximate surface area is 138 Å². The molecule has 130 valence electrons. The zero-order valence-electron chi connectivity index (χ0n) is 12.9. The first-order valence-electron chi connectivity index (χ1n) is 7.85. The minimum Gasteiger partial charge on any atom is -0.485 e. The maximum absolute atomic E-state index is 12.7. The van der Waals surface area contributed by atoms with Crippen LogP contribution in [0.25, 0.3) is 0 Å². The average molecular weight is 350 g/mol. The van der Waals surface area contributed by atoms with E-state index in [4.69, 9.17) is 14.2 Å². The van der Waals surface area contributed by atoms with Gasteiger partial charge >= 0.3 is 6.18 Å². The zero-order chi connectivity index (χ0) is 16.4. The number of rotatable bonds is 3. The molecule has 0 radical (unpaired) electrons. The molecule has 2 heterocycles. The van der Waals surface area contributed by atoms with Gasteiger partial charge in [0.1, 0.15) is 6.10 Å². The van der Waals surface area contributed by atoms with Crippen LogP contribution in [0.1, 0.15) is 19.3 Å². The largest absolute Gasteiger partial charge is 0.485 e. The summed E-state index contributed by atoms with van der Waals surface area (Å²) in [6.45, 7) is 1.33. The lowest BCUT2D eigenvalue weighted by molar-refractivity contribution is -0.146. The van der Waals surface area contributed by atoms with E-state index in [1.807, 2.05) is 18.4 Å². The summed E-state index contributed by atoms with van der Waals surface area (Å²) < 4.78 is 54.4. The van der Waals surface area contributed by atoms with Crippen LogP contribution in [0.2, 0.25) is 0 Å². The fourth-order valence-corrected chi connectivity index (χ4v) is 3.69. The first-order chi connectivity index (χ1) is 11.0. The van der Waals surface area contributed by atoms with Crippen molar-refractivity contribution >= 4 is 11.8 Å². The molecule has 3 aliphatic rings. The summed E-state index contributed by atoms with van der Waals surface area (Å²) in [5.41, 5.74) is 0. The van der Waals surface area contributed by atoms with E-state index in [1.165, 1.54) is 6.08 Å². The average Bonchev–Trinajstić information content (AvgIpc) is 2.97. The van der Waals surface area contributed by atoms with E-state index in [1.54, 1.807) is 11.8 Å². The lowest BCUT2D eigenvalue weighted by Gasteiger charge is -2.30. The molecule has 1 saturated heterocycles. The summed E-state index contributed by atoms with van der Waals surface area (Å²) >= 11 is 1.72. The maximum Gasteiger partial charge on any atom is 0.448 e. The molecule has 1 aliphatic carbocycles. The molecule has 0 aromatic rings. The van der Waals surface area contributed by atoms with Gasteiger partial charge in [-0.2, -0.15) is 24.9 Å². The first kappa shape index (κ1) is 17.2. The normalized spacial score (nSPS) is 38.3. The number of fused-ring (bicyclic) bond motifs is 1. The topological polar surface area (TPSA) is 27.7 Å². The van der Waals surface area contributed by atoms with Gasteiger partial charge in [0, 0.05) is 5.92 Å². The number of hydrogen-bond acceptors (Lipinski definition) is 4. The number of thioether (sulfide) groups is 1. The van der Waals surface area contributed by atoms with Crippen LogP contribution in [-0.2, 0) is 14.2 Å². The zero-order valence-corrected chi connectivity index (χ0v) is 13.7. The van der Waals surface area contributed by atoms with Gasteiger partial charge in [0.25, 0.3) is 0 Å². The SMILES string of the molecule is CSC1COC(/C=C/C2CCC3OC(C(F)(F)F)=CC3C2)OC1. The highest BCUT2D eigenvalue weighted by atomic mass is 32.2. The van der Waals surface area contributed by atoms with Crippen LogP contribution in [0.3, 0.4) is 0 Å². The van der Waals surface area contributed by atoms with Crippen molar-refractivity contribution in [2.24, 2.45) is 11.8 Å². The fourth-order valence-electron chi connectivity index (χ4n) is 3.26. The minimum atomic E-state index is -4.37. The molecule has 0 bridgehead atoms. The highest BCUT2D eigenvalue weighted by molar-refractivity contribution is 7.99. The van der Waals surface area contributed by atoms with Crippen molar-refractivity contribution in [2.45, 2.75) is 43.1 Å². The minimum absolute atomic E-state index is 0.149. The van der Waals surface area contributed by atoms with E-state index in [0.717, 1.165) is 6.42 Å². The van der Waals surface area contributed by atoms with Crippen LogP contribution in [0.15, 0.2) is 24.0 Å². The monoisotopic (exact) mass is 350 g/mol. The van der Waals surface area contributed by atoms with Gasteiger partial charge in [-0.25, -0.2) is 0 Å². The van der Waals surface area contributed by atoms with E-state index in [0.29, 0.717) is 31.3 Å². The molecule has 0 aromatic carbocycles. The van der Waals surface area contributed by atoms with Crippen molar-refractivity contribution in [3.05, 3.63) is 24.0 Å². The van der Waals surface area contributed by atoms with Gasteiger partial charge in [0.15, 0.2) is 12.0 Å². The second-order valence-electron chi connectivity index (χ2n) is 6.20. The molecule has 0 aromatic heterocycles. The highest BCUT2D eigenvalue weighted by Gasteiger charge is 2.45. The van der Waals surface area contributed by atoms with Crippen LogP contribution >= 0.6 is 11.8 Å². The Balaban J connectivity index is 1.51. The predicted octanol–water partition coefficient (Wildman–Crippen LogP) is 3.91.